The minimum atomic E-state index is -4.75. The van der Waals surface area contributed by atoms with Crippen molar-refractivity contribution in [3.8, 4) is 5.88 Å². The van der Waals surface area contributed by atoms with Crippen LogP contribution in [0.3, 0.4) is 0 Å². The predicted octanol–water partition coefficient (Wildman–Crippen LogP) is 2.63. The Kier molecular flexibility index (Phi) is 2.89. The second-order valence-electron chi connectivity index (χ2n) is 2.52. The second-order valence-corrected chi connectivity index (χ2v) is 3.32. The van der Waals surface area contributed by atoms with Crippen LogP contribution in [0.4, 0.5) is 19.0 Å². The maximum atomic E-state index is 11.8. The van der Waals surface area contributed by atoms with Crippen LogP contribution in [0, 0.1) is 6.92 Å². The lowest BCUT2D eigenvalue weighted by Crippen LogP contribution is -2.18. The number of pyridine rings is 1. The molecule has 78 valence electrons. The molecule has 0 saturated carbocycles. The first-order valence-electron chi connectivity index (χ1n) is 3.48. The van der Waals surface area contributed by atoms with Gasteiger partial charge in [-0.25, -0.2) is 0 Å². The molecule has 0 spiro atoms. The zero-order valence-corrected chi connectivity index (χ0v) is 8.61. The number of nitrogens with zero attached hydrogens (tertiary/aromatic N) is 1. The highest BCUT2D eigenvalue weighted by molar-refractivity contribution is 9.10. The molecule has 0 aliphatic heterocycles. The summed E-state index contributed by atoms with van der Waals surface area (Å²) in [6, 6.07) is 1.15. The Morgan fingerprint density at radius 1 is 1.50 bits per heavy atom. The summed E-state index contributed by atoms with van der Waals surface area (Å²) < 4.78 is 39.4. The maximum Gasteiger partial charge on any atom is 0.574 e. The smallest absolute Gasteiger partial charge is 0.388 e. The molecule has 0 fully saturated rings. The Hall–Kier alpha value is -0.980. The maximum absolute atomic E-state index is 11.8. The minimum Gasteiger partial charge on any atom is -0.388 e. The van der Waals surface area contributed by atoms with Gasteiger partial charge in [-0.3, -0.25) is 0 Å². The van der Waals surface area contributed by atoms with E-state index in [0.717, 1.165) is 6.07 Å². The number of hydrogen-bond donors (Lipinski definition) is 1. The number of anilines is 1. The van der Waals surface area contributed by atoms with E-state index >= 15 is 0 Å². The third kappa shape index (κ3) is 2.76. The first kappa shape index (κ1) is 11.1. The largest absolute Gasteiger partial charge is 0.574 e. The van der Waals surface area contributed by atoms with Crippen molar-refractivity contribution in [3.63, 3.8) is 0 Å². The number of alkyl halides is 3. The van der Waals surface area contributed by atoms with Gasteiger partial charge in [0, 0.05) is 6.07 Å². The van der Waals surface area contributed by atoms with Gasteiger partial charge >= 0.3 is 6.36 Å². The molecule has 0 aliphatic rings. The van der Waals surface area contributed by atoms with Crippen molar-refractivity contribution in [2.24, 2.45) is 0 Å². The number of nitrogen functional groups attached to an aromatic ring is 1. The van der Waals surface area contributed by atoms with Gasteiger partial charge in [-0.15, -0.1) is 13.2 Å². The Morgan fingerprint density at radius 3 is 2.50 bits per heavy atom. The van der Waals surface area contributed by atoms with Crippen LogP contribution >= 0.6 is 15.9 Å². The van der Waals surface area contributed by atoms with Crippen LogP contribution in [0.15, 0.2) is 10.5 Å². The van der Waals surface area contributed by atoms with Crippen LogP contribution < -0.4 is 10.5 Å². The molecule has 0 radical (unpaired) electrons. The zero-order valence-electron chi connectivity index (χ0n) is 7.02. The molecule has 0 aromatic carbocycles. The molecule has 0 unspecified atom stereocenters. The third-order valence-corrected chi connectivity index (χ3v) is 2.39. The van der Waals surface area contributed by atoms with E-state index in [1.807, 2.05) is 0 Å². The van der Waals surface area contributed by atoms with Crippen LogP contribution in [0.5, 0.6) is 5.88 Å². The fourth-order valence-corrected chi connectivity index (χ4v) is 1.02. The van der Waals surface area contributed by atoms with Gasteiger partial charge in [-0.2, -0.15) is 4.98 Å². The normalized spacial score (nSPS) is 11.5. The second kappa shape index (κ2) is 3.64. The number of aromatic nitrogens is 1. The van der Waals surface area contributed by atoms with Gasteiger partial charge in [-0.1, -0.05) is 0 Å². The topological polar surface area (TPSA) is 48.1 Å². The Labute approximate surface area is 86.2 Å². The summed E-state index contributed by atoms with van der Waals surface area (Å²) in [6.45, 7) is 1.59. The highest BCUT2D eigenvalue weighted by Crippen LogP contribution is 2.28. The average molecular weight is 271 g/mol. The highest BCUT2D eigenvalue weighted by Gasteiger charge is 2.32. The molecule has 1 aromatic heterocycles. The molecule has 0 saturated heterocycles. The Balaban J connectivity index is 3.02. The van der Waals surface area contributed by atoms with Crippen LogP contribution in [0.1, 0.15) is 5.56 Å². The summed E-state index contributed by atoms with van der Waals surface area (Å²) in [4.78, 5) is 3.41. The van der Waals surface area contributed by atoms with Crippen molar-refractivity contribution in [3.05, 3.63) is 16.1 Å². The van der Waals surface area contributed by atoms with Crippen molar-refractivity contribution in [2.45, 2.75) is 13.3 Å². The highest BCUT2D eigenvalue weighted by atomic mass is 79.9. The first-order valence-corrected chi connectivity index (χ1v) is 4.27. The fourth-order valence-electron chi connectivity index (χ4n) is 0.822. The van der Waals surface area contributed by atoms with E-state index in [-0.39, 0.29) is 5.82 Å². The Morgan fingerprint density at radius 2 is 2.07 bits per heavy atom. The van der Waals surface area contributed by atoms with Crippen molar-refractivity contribution in [1.82, 2.24) is 4.98 Å². The summed E-state index contributed by atoms with van der Waals surface area (Å²) in [7, 11) is 0. The van der Waals surface area contributed by atoms with Gasteiger partial charge in [-0.05, 0) is 28.4 Å². The molecule has 0 amide bonds. The summed E-state index contributed by atoms with van der Waals surface area (Å²) in [5.74, 6) is -0.597. The van der Waals surface area contributed by atoms with Gasteiger partial charge in [0.1, 0.15) is 5.82 Å². The number of aryl methyl sites for hydroxylation is 1. The van der Waals surface area contributed by atoms with Crippen molar-refractivity contribution < 1.29 is 17.9 Å². The van der Waals surface area contributed by atoms with Crippen molar-refractivity contribution >= 4 is 21.7 Å². The lowest BCUT2D eigenvalue weighted by atomic mass is 10.3. The van der Waals surface area contributed by atoms with Gasteiger partial charge in [0.25, 0.3) is 0 Å². The lowest BCUT2D eigenvalue weighted by Gasteiger charge is -2.10. The molecule has 2 N–H and O–H groups in total. The lowest BCUT2D eigenvalue weighted by molar-refractivity contribution is -0.276. The van der Waals surface area contributed by atoms with E-state index in [2.05, 4.69) is 25.7 Å². The quantitative estimate of drug-likeness (QED) is 0.854. The number of nitrogens with two attached hydrogens (primary N) is 1. The van der Waals surface area contributed by atoms with E-state index in [0.29, 0.717) is 10.0 Å². The molecular weight excluding hydrogens is 265 g/mol. The molecular formula is C7H6BrF3N2O. The van der Waals surface area contributed by atoms with Crippen LogP contribution in [-0.4, -0.2) is 11.3 Å². The van der Waals surface area contributed by atoms with Crippen LogP contribution in [0.25, 0.3) is 0 Å². The molecule has 0 bridgehead atoms. The molecule has 7 heteroatoms. The van der Waals surface area contributed by atoms with Gasteiger partial charge in [0.15, 0.2) is 0 Å². The number of halogens is 4. The van der Waals surface area contributed by atoms with E-state index < -0.39 is 12.2 Å². The van der Waals surface area contributed by atoms with Gasteiger partial charge in [0.05, 0.1) is 4.47 Å². The van der Waals surface area contributed by atoms with Crippen LogP contribution in [-0.2, 0) is 0 Å². The zero-order chi connectivity index (χ0) is 10.9. The van der Waals surface area contributed by atoms with Gasteiger partial charge in [0.2, 0.25) is 5.88 Å². The predicted molar refractivity (Wildman–Crippen MR) is 47.8 cm³/mol. The third-order valence-electron chi connectivity index (χ3n) is 1.36. The molecule has 3 nitrogen and oxygen atoms in total. The molecule has 0 atom stereocenters. The van der Waals surface area contributed by atoms with E-state index in [4.69, 9.17) is 5.73 Å². The number of ether oxygens (including phenoxy) is 1. The fraction of sp³-hybridized carbons (Fsp3) is 0.286. The monoisotopic (exact) mass is 270 g/mol. The molecule has 14 heavy (non-hydrogen) atoms. The summed E-state index contributed by atoms with van der Waals surface area (Å²) in [5.41, 5.74) is 5.86. The average Bonchev–Trinajstić information content (AvgIpc) is 1.96. The van der Waals surface area contributed by atoms with Crippen LogP contribution in [0.2, 0.25) is 0 Å². The summed E-state index contributed by atoms with van der Waals surface area (Å²) >= 11 is 3.07. The molecule has 1 heterocycles. The first-order chi connectivity index (χ1) is 6.29. The SMILES string of the molecule is Cc1cc(OC(F)(F)F)nc(N)c1Br. The minimum absolute atomic E-state index is 0.0377. The van der Waals surface area contributed by atoms with E-state index in [1.165, 1.54) is 0 Å². The standard InChI is InChI=1S/C7H6BrF3N2O/c1-3-2-4(14-7(9,10)11)13-6(12)5(3)8/h2H,1H3,(H2,12,13). The Bertz CT molecular complexity index is 330. The van der Waals surface area contributed by atoms with Gasteiger partial charge < -0.3 is 10.5 Å². The van der Waals surface area contributed by atoms with Crippen molar-refractivity contribution in [2.75, 3.05) is 5.73 Å². The van der Waals surface area contributed by atoms with E-state index in [9.17, 15) is 13.2 Å². The molecule has 1 aromatic rings. The summed E-state index contributed by atoms with van der Waals surface area (Å²) in [5, 5.41) is 0. The summed E-state index contributed by atoms with van der Waals surface area (Å²) in [6.07, 6.45) is -4.75. The molecule has 1 rings (SSSR count). The van der Waals surface area contributed by atoms with E-state index in [1.54, 1.807) is 6.92 Å². The number of hydrogen-bond acceptors (Lipinski definition) is 3. The number of rotatable bonds is 1. The molecule has 0 aliphatic carbocycles. The van der Waals surface area contributed by atoms with Crippen molar-refractivity contribution in [1.29, 1.82) is 0 Å².